The van der Waals surface area contributed by atoms with Crippen molar-refractivity contribution in [3.05, 3.63) is 68.9 Å². The number of ketones is 1. The summed E-state index contributed by atoms with van der Waals surface area (Å²) in [5.74, 6) is -3.27. The zero-order valence-corrected chi connectivity index (χ0v) is 17.9. The van der Waals surface area contributed by atoms with Crippen molar-refractivity contribution in [3.8, 4) is 0 Å². The standard InChI is InChI=1S/C22H18Cl2N2O4/c1-10(2)18(27)17-19(28)20(29)26(16-9-13(24)5-4-11(16)3)22(17)14-7-6-12(23)8-15(14)25-21(22)30/h4-10,28H,1-3H3,(H,25,30). The molecule has 30 heavy (non-hydrogen) atoms. The quantitative estimate of drug-likeness (QED) is 0.727. The molecular formula is C22H18Cl2N2O4. The molecule has 2 N–H and O–H groups in total. The fourth-order valence-electron chi connectivity index (χ4n) is 4.09. The van der Waals surface area contributed by atoms with E-state index < -0.39 is 34.8 Å². The number of amides is 2. The Kier molecular flexibility index (Phi) is 4.67. The van der Waals surface area contributed by atoms with Gasteiger partial charge in [-0.2, -0.15) is 0 Å². The summed E-state index contributed by atoms with van der Waals surface area (Å²) in [4.78, 5) is 41.1. The molecule has 2 heterocycles. The fraction of sp³-hybridized carbons (Fsp3) is 0.227. The van der Waals surface area contributed by atoms with Crippen molar-refractivity contribution >= 4 is 52.2 Å². The number of carbonyl (C=O) groups is 3. The number of anilines is 2. The van der Waals surface area contributed by atoms with E-state index in [4.69, 9.17) is 23.2 Å². The first-order chi connectivity index (χ1) is 14.1. The lowest BCUT2D eigenvalue weighted by Gasteiger charge is -2.36. The van der Waals surface area contributed by atoms with Crippen LogP contribution in [0.2, 0.25) is 10.0 Å². The van der Waals surface area contributed by atoms with Crippen LogP contribution in [-0.4, -0.2) is 22.7 Å². The minimum absolute atomic E-state index is 0.250. The molecule has 1 unspecified atom stereocenters. The summed E-state index contributed by atoms with van der Waals surface area (Å²) in [7, 11) is 0. The van der Waals surface area contributed by atoms with Gasteiger partial charge >= 0.3 is 0 Å². The van der Waals surface area contributed by atoms with E-state index >= 15 is 0 Å². The lowest BCUT2D eigenvalue weighted by molar-refractivity contribution is -0.125. The fourth-order valence-corrected chi connectivity index (χ4v) is 4.42. The molecule has 0 aliphatic carbocycles. The molecule has 6 nitrogen and oxygen atoms in total. The van der Waals surface area contributed by atoms with Gasteiger partial charge in [0.2, 0.25) is 0 Å². The number of benzene rings is 2. The number of hydrogen-bond donors (Lipinski definition) is 2. The second-order valence-electron chi connectivity index (χ2n) is 7.67. The summed E-state index contributed by atoms with van der Waals surface area (Å²) in [6.45, 7) is 5.04. The third-order valence-electron chi connectivity index (χ3n) is 5.47. The Bertz CT molecular complexity index is 1170. The molecule has 2 aromatic carbocycles. The monoisotopic (exact) mass is 444 g/mol. The smallest absolute Gasteiger partial charge is 0.295 e. The maximum absolute atomic E-state index is 13.5. The highest BCUT2D eigenvalue weighted by Crippen LogP contribution is 2.53. The van der Waals surface area contributed by atoms with Crippen LogP contribution in [0.25, 0.3) is 0 Å². The second kappa shape index (κ2) is 6.86. The maximum Gasteiger partial charge on any atom is 0.295 e. The Morgan fingerprint density at radius 2 is 1.73 bits per heavy atom. The van der Waals surface area contributed by atoms with Crippen LogP contribution in [0.4, 0.5) is 11.4 Å². The van der Waals surface area contributed by atoms with Crippen LogP contribution in [0.1, 0.15) is 25.0 Å². The van der Waals surface area contributed by atoms with Crippen molar-refractivity contribution in [1.29, 1.82) is 0 Å². The van der Waals surface area contributed by atoms with Gasteiger partial charge in [-0.15, -0.1) is 0 Å². The number of aliphatic hydroxyl groups excluding tert-OH is 1. The third-order valence-corrected chi connectivity index (χ3v) is 5.94. The van der Waals surface area contributed by atoms with Gasteiger partial charge in [-0.3, -0.25) is 19.3 Å². The summed E-state index contributed by atoms with van der Waals surface area (Å²) in [5.41, 5.74) is -0.415. The summed E-state index contributed by atoms with van der Waals surface area (Å²) in [6.07, 6.45) is 0. The lowest BCUT2D eigenvalue weighted by atomic mass is 9.79. The van der Waals surface area contributed by atoms with Gasteiger partial charge in [0, 0.05) is 27.2 Å². The van der Waals surface area contributed by atoms with E-state index in [1.165, 1.54) is 6.07 Å². The topological polar surface area (TPSA) is 86.7 Å². The molecule has 154 valence electrons. The van der Waals surface area contributed by atoms with Crippen molar-refractivity contribution in [3.63, 3.8) is 0 Å². The number of carbonyl (C=O) groups excluding carboxylic acids is 3. The van der Waals surface area contributed by atoms with Crippen molar-refractivity contribution in [2.75, 3.05) is 10.2 Å². The molecule has 2 amide bonds. The molecule has 1 spiro atoms. The van der Waals surface area contributed by atoms with E-state index in [1.807, 2.05) is 0 Å². The number of aliphatic hydroxyl groups is 1. The highest BCUT2D eigenvalue weighted by Gasteiger charge is 2.64. The summed E-state index contributed by atoms with van der Waals surface area (Å²) in [6, 6.07) is 9.60. The number of halogens is 2. The number of aryl methyl sites for hydroxylation is 1. The Morgan fingerprint density at radius 3 is 2.40 bits per heavy atom. The summed E-state index contributed by atoms with van der Waals surface area (Å²) >= 11 is 12.3. The molecule has 1 atom stereocenters. The Hall–Kier alpha value is -2.83. The predicted octanol–water partition coefficient (Wildman–Crippen LogP) is 4.53. The molecule has 2 aliphatic rings. The zero-order chi connectivity index (χ0) is 22.0. The molecule has 2 aromatic rings. The van der Waals surface area contributed by atoms with E-state index in [0.717, 1.165) is 4.90 Å². The normalized spacial score (nSPS) is 20.4. The number of nitrogens with zero attached hydrogens (tertiary/aromatic N) is 1. The van der Waals surface area contributed by atoms with Crippen molar-refractivity contribution < 1.29 is 19.5 Å². The van der Waals surface area contributed by atoms with Gasteiger partial charge < -0.3 is 10.4 Å². The van der Waals surface area contributed by atoms with Gasteiger partial charge in [0.25, 0.3) is 11.8 Å². The summed E-state index contributed by atoms with van der Waals surface area (Å²) in [5, 5.41) is 14.3. The molecule has 2 aliphatic heterocycles. The SMILES string of the molecule is Cc1ccc(Cl)cc1N1C(=O)C(O)=C(C(=O)C(C)C)C12C(=O)Nc1cc(Cl)ccc12. The highest BCUT2D eigenvalue weighted by atomic mass is 35.5. The molecule has 0 fully saturated rings. The Labute approximate surface area is 183 Å². The van der Waals surface area contributed by atoms with Crippen LogP contribution in [0.5, 0.6) is 0 Å². The highest BCUT2D eigenvalue weighted by molar-refractivity contribution is 6.33. The first kappa shape index (κ1) is 20.4. The zero-order valence-electron chi connectivity index (χ0n) is 16.4. The first-order valence-corrected chi connectivity index (χ1v) is 10.1. The van der Waals surface area contributed by atoms with Gasteiger partial charge in [-0.25, -0.2) is 0 Å². The van der Waals surface area contributed by atoms with Crippen molar-refractivity contribution in [2.24, 2.45) is 5.92 Å². The molecule has 8 heteroatoms. The molecule has 0 saturated carbocycles. The van der Waals surface area contributed by atoms with E-state index in [9.17, 15) is 19.5 Å². The van der Waals surface area contributed by atoms with E-state index in [0.29, 0.717) is 32.5 Å². The van der Waals surface area contributed by atoms with Gasteiger partial charge in [0.15, 0.2) is 17.1 Å². The minimum atomic E-state index is -1.86. The predicted molar refractivity (Wildman–Crippen MR) is 115 cm³/mol. The first-order valence-electron chi connectivity index (χ1n) is 9.30. The minimum Gasteiger partial charge on any atom is -0.503 e. The van der Waals surface area contributed by atoms with E-state index in [1.54, 1.807) is 51.1 Å². The molecule has 0 radical (unpaired) electrons. The lowest BCUT2D eigenvalue weighted by Crippen LogP contribution is -2.52. The maximum atomic E-state index is 13.5. The number of Topliss-reactive ketones (excluding diaryl/α,β-unsaturated/α-hetero) is 1. The average Bonchev–Trinajstić information content (AvgIpc) is 3.08. The molecule has 4 rings (SSSR count). The van der Waals surface area contributed by atoms with Crippen molar-refractivity contribution in [1.82, 2.24) is 0 Å². The molecular weight excluding hydrogens is 427 g/mol. The Balaban J connectivity index is 2.11. The van der Waals surface area contributed by atoms with Gasteiger partial charge in [0.05, 0.1) is 11.3 Å². The second-order valence-corrected chi connectivity index (χ2v) is 8.54. The van der Waals surface area contributed by atoms with Crippen LogP contribution >= 0.6 is 23.2 Å². The van der Waals surface area contributed by atoms with Crippen LogP contribution in [-0.2, 0) is 19.9 Å². The number of nitrogens with one attached hydrogen (secondary N) is 1. The van der Waals surface area contributed by atoms with Crippen molar-refractivity contribution in [2.45, 2.75) is 26.3 Å². The molecule has 0 saturated heterocycles. The van der Waals surface area contributed by atoms with Crippen LogP contribution < -0.4 is 10.2 Å². The summed E-state index contributed by atoms with van der Waals surface area (Å²) < 4.78 is 0. The Morgan fingerprint density at radius 1 is 1.10 bits per heavy atom. The van der Waals surface area contributed by atoms with E-state index in [-0.39, 0.29) is 5.57 Å². The molecule has 0 bridgehead atoms. The van der Waals surface area contributed by atoms with Gasteiger partial charge in [-0.1, -0.05) is 49.2 Å². The number of hydrogen-bond acceptors (Lipinski definition) is 4. The number of fused-ring (bicyclic) bond motifs is 2. The van der Waals surface area contributed by atoms with Crippen LogP contribution in [0.15, 0.2) is 47.7 Å². The average molecular weight is 445 g/mol. The van der Waals surface area contributed by atoms with Gasteiger partial charge in [0.1, 0.15) is 0 Å². The van der Waals surface area contributed by atoms with E-state index in [2.05, 4.69) is 5.32 Å². The third kappa shape index (κ3) is 2.60. The van der Waals surface area contributed by atoms with Crippen LogP contribution in [0.3, 0.4) is 0 Å². The number of rotatable bonds is 3. The van der Waals surface area contributed by atoms with Crippen LogP contribution in [0, 0.1) is 12.8 Å². The largest absolute Gasteiger partial charge is 0.503 e. The molecule has 0 aromatic heterocycles. The van der Waals surface area contributed by atoms with Gasteiger partial charge in [-0.05, 0) is 36.8 Å².